The van der Waals surface area contributed by atoms with Gasteiger partial charge in [-0.2, -0.15) is 0 Å². The Morgan fingerprint density at radius 2 is 1.77 bits per heavy atom. The summed E-state index contributed by atoms with van der Waals surface area (Å²) in [4.78, 5) is 27.0. The third-order valence-corrected chi connectivity index (χ3v) is 13.0. The summed E-state index contributed by atoms with van der Waals surface area (Å²) in [6.07, 6.45) is 9.17. The summed E-state index contributed by atoms with van der Waals surface area (Å²) in [5.74, 6) is 2.84. The Bertz CT molecular complexity index is 1120. The number of esters is 1. The van der Waals surface area contributed by atoms with E-state index in [4.69, 9.17) is 14.2 Å². The molecule has 2 saturated heterocycles. The van der Waals surface area contributed by atoms with Gasteiger partial charge in [-0.1, -0.05) is 45.9 Å². The first kappa shape index (κ1) is 26.2. The molecule has 39 heavy (non-hydrogen) atoms. The van der Waals surface area contributed by atoms with Crippen LogP contribution in [0.4, 0.5) is 0 Å². The number of ketones is 1. The number of hydrogen-bond acceptors (Lipinski definition) is 5. The van der Waals surface area contributed by atoms with Crippen molar-refractivity contribution in [1.82, 2.24) is 0 Å². The number of carbonyl (C=O) groups is 2. The molecule has 4 saturated carbocycles. The van der Waals surface area contributed by atoms with Crippen LogP contribution in [0.2, 0.25) is 0 Å². The monoisotopic (exact) mass is 534 g/mol. The minimum absolute atomic E-state index is 0.0219. The summed E-state index contributed by atoms with van der Waals surface area (Å²) < 4.78 is 19.3. The quantitative estimate of drug-likeness (QED) is 0.389. The molecular weight excluding hydrogens is 488 g/mol. The first-order valence-electron chi connectivity index (χ1n) is 15.8. The molecular formula is C34H46O5. The fourth-order valence-corrected chi connectivity index (χ4v) is 10.8. The minimum atomic E-state index is -0.480. The lowest BCUT2D eigenvalue weighted by Crippen LogP contribution is -2.58. The summed E-state index contributed by atoms with van der Waals surface area (Å²) in [5, 5.41) is 0. The second kappa shape index (κ2) is 9.14. The number of benzene rings is 1. The van der Waals surface area contributed by atoms with Gasteiger partial charge in [-0.05, 0) is 92.1 Å². The van der Waals surface area contributed by atoms with Crippen molar-refractivity contribution in [3.05, 3.63) is 35.9 Å². The topological polar surface area (TPSA) is 61.8 Å². The van der Waals surface area contributed by atoms with E-state index in [-0.39, 0.29) is 40.8 Å². The van der Waals surface area contributed by atoms with Gasteiger partial charge in [0.25, 0.3) is 0 Å². The molecule has 1 aromatic carbocycles. The largest absolute Gasteiger partial charge is 0.459 e. The van der Waals surface area contributed by atoms with Crippen molar-refractivity contribution in [2.24, 2.45) is 52.3 Å². The van der Waals surface area contributed by atoms with Crippen LogP contribution in [0.15, 0.2) is 30.3 Å². The van der Waals surface area contributed by atoms with Gasteiger partial charge in [0, 0.05) is 30.1 Å². The van der Waals surface area contributed by atoms with Crippen molar-refractivity contribution in [1.29, 1.82) is 0 Å². The molecule has 0 amide bonds. The Hall–Kier alpha value is -1.72. The van der Waals surface area contributed by atoms with Crippen molar-refractivity contribution in [2.45, 2.75) is 103 Å². The zero-order chi connectivity index (χ0) is 27.2. The molecule has 6 fully saturated rings. The fourth-order valence-electron chi connectivity index (χ4n) is 10.8. The van der Waals surface area contributed by atoms with Crippen molar-refractivity contribution in [3.63, 3.8) is 0 Å². The fraction of sp³-hybridized carbons (Fsp3) is 0.765. The highest BCUT2D eigenvalue weighted by Gasteiger charge is 2.71. The van der Waals surface area contributed by atoms with Crippen molar-refractivity contribution in [3.8, 4) is 0 Å². The number of rotatable bonds is 2. The first-order chi connectivity index (χ1) is 18.7. The van der Waals surface area contributed by atoms with Crippen LogP contribution >= 0.6 is 0 Å². The predicted octanol–water partition coefficient (Wildman–Crippen LogP) is 6.84. The maximum absolute atomic E-state index is 14.3. The number of ether oxygens (including phenoxy) is 3. The molecule has 2 heterocycles. The molecule has 0 unspecified atom stereocenters. The molecule has 4 aliphatic carbocycles. The third-order valence-electron chi connectivity index (χ3n) is 13.0. The predicted molar refractivity (Wildman–Crippen MR) is 148 cm³/mol. The van der Waals surface area contributed by atoms with Crippen LogP contribution in [0.3, 0.4) is 0 Å². The van der Waals surface area contributed by atoms with Gasteiger partial charge >= 0.3 is 5.97 Å². The maximum atomic E-state index is 14.3. The molecule has 5 nitrogen and oxygen atoms in total. The summed E-state index contributed by atoms with van der Waals surface area (Å²) in [5.41, 5.74) is 0.473. The lowest BCUT2D eigenvalue weighted by atomic mass is 9.44. The molecule has 12 atom stereocenters. The Kier molecular flexibility index (Phi) is 6.14. The second-order valence-corrected chi connectivity index (χ2v) is 14.7. The molecule has 1 aromatic rings. The lowest BCUT2D eigenvalue weighted by molar-refractivity contribution is -0.272. The van der Waals surface area contributed by atoms with E-state index in [2.05, 4.69) is 27.7 Å². The highest BCUT2D eigenvalue weighted by Crippen LogP contribution is 2.70. The molecule has 212 valence electrons. The first-order valence-corrected chi connectivity index (χ1v) is 15.8. The maximum Gasteiger partial charge on any atom is 0.338 e. The van der Waals surface area contributed by atoms with Crippen molar-refractivity contribution in [2.75, 3.05) is 6.61 Å². The summed E-state index contributed by atoms with van der Waals surface area (Å²) in [6.45, 7) is 10.1. The second-order valence-electron chi connectivity index (χ2n) is 14.7. The van der Waals surface area contributed by atoms with Crippen LogP contribution in [-0.2, 0) is 19.0 Å². The van der Waals surface area contributed by atoms with E-state index in [1.54, 1.807) is 0 Å². The van der Waals surface area contributed by atoms with Gasteiger partial charge in [-0.3, -0.25) is 4.79 Å². The zero-order valence-corrected chi connectivity index (χ0v) is 24.2. The zero-order valence-electron chi connectivity index (χ0n) is 24.2. The van der Waals surface area contributed by atoms with E-state index in [9.17, 15) is 9.59 Å². The summed E-state index contributed by atoms with van der Waals surface area (Å²) >= 11 is 0. The Morgan fingerprint density at radius 1 is 0.974 bits per heavy atom. The van der Waals surface area contributed by atoms with Gasteiger partial charge in [0.2, 0.25) is 0 Å². The SMILES string of the molecule is C[C@@H]1CC[C@@]2(OC1)O[C@H]1C[C@H]3[C@@H]4CC[C@H]5C[C@H](OC(=O)c6ccccc6)CC[C@]5(C)[C@H]4CC(=O)[C@]3(C)[C@H]1[C@@H]2C. The Labute approximate surface area is 233 Å². The Morgan fingerprint density at radius 3 is 2.51 bits per heavy atom. The summed E-state index contributed by atoms with van der Waals surface area (Å²) in [6, 6.07) is 9.35. The van der Waals surface area contributed by atoms with Crippen molar-refractivity contribution < 1.29 is 23.8 Å². The van der Waals surface area contributed by atoms with Crippen LogP contribution in [0, 0.1) is 52.3 Å². The Balaban J connectivity index is 1.08. The van der Waals surface area contributed by atoms with Crippen LogP contribution in [0.1, 0.15) is 95.8 Å². The normalized spacial score (nSPS) is 50.6. The average molecular weight is 535 g/mol. The smallest absolute Gasteiger partial charge is 0.338 e. The molecule has 6 aliphatic rings. The van der Waals surface area contributed by atoms with Crippen LogP contribution < -0.4 is 0 Å². The standard InChI is InChI=1S/C34H46O5/c1-20-12-15-34(37-19-20)21(2)30-28(39-34)17-27-25-11-10-23-16-24(38-31(36)22-8-6-5-7-9-22)13-14-32(23,3)26(25)18-29(35)33(27,30)4/h5-9,20-21,23-28,30H,10-19H2,1-4H3/t20-,21+,23+,24-,25-,26+,27+,28+,30+,32+,33-,34-/m1/s1. The van der Waals surface area contributed by atoms with E-state index < -0.39 is 5.79 Å². The van der Waals surface area contributed by atoms with Crippen LogP contribution in [0.25, 0.3) is 0 Å². The van der Waals surface area contributed by atoms with Gasteiger partial charge in [-0.25, -0.2) is 4.79 Å². The number of hydrogen-bond donors (Lipinski definition) is 0. The molecule has 0 radical (unpaired) electrons. The minimum Gasteiger partial charge on any atom is -0.459 e. The molecule has 1 spiro atoms. The average Bonchev–Trinajstić information content (AvgIpc) is 3.38. The van der Waals surface area contributed by atoms with Gasteiger partial charge in [0.05, 0.1) is 18.3 Å². The molecule has 7 rings (SSSR count). The van der Waals surface area contributed by atoms with Crippen molar-refractivity contribution >= 4 is 11.8 Å². The molecule has 0 bridgehead atoms. The van der Waals surface area contributed by atoms with E-state index >= 15 is 0 Å². The number of fused-ring (bicyclic) bond motifs is 7. The van der Waals surface area contributed by atoms with Crippen LogP contribution in [0.5, 0.6) is 0 Å². The molecule has 2 aliphatic heterocycles. The van der Waals surface area contributed by atoms with E-state index in [1.807, 2.05) is 30.3 Å². The van der Waals surface area contributed by atoms with Crippen LogP contribution in [-0.4, -0.2) is 36.4 Å². The van der Waals surface area contributed by atoms with Gasteiger partial charge in [0.1, 0.15) is 11.9 Å². The lowest BCUT2D eigenvalue weighted by Gasteiger charge is -2.60. The third kappa shape index (κ3) is 3.77. The van der Waals surface area contributed by atoms with Gasteiger partial charge in [-0.15, -0.1) is 0 Å². The van der Waals surface area contributed by atoms with Gasteiger partial charge in [0.15, 0.2) is 5.79 Å². The number of Topliss-reactive ketones (excluding diaryl/α,β-unsaturated/α-hetero) is 1. The van der Waals surface area contributed by atoms with E-state index in [0.717, 1.165) is 45.1 Å². The molecule has 0 N–H and O–H groups in total. The highest BCUT2D eigenvalue weighted by molar-refractivity contribution is 5.89. The molecule has 0 aromatic heterocycles. The van der Waals surface area contributed by atoms with Gasteiger partial charge < -0.3 is 14.2 Å². The number of carbonyl (C=O) groups excluding carboxylic acids is 2. The highest BCUT2D eigenvalue weighted by atomic mass is 16.7. The summed E-state index contributed by atoms with van der Waals surface area (Å²) in [7, 11) is 0. The van der Waals surface area contributed by atoms with E-state index in [0.29, 0.717) is 47.4 Å². The molecule has 5 heteroatoms. The van der Waals surface area contributed by atoms with E-state index in [1.165, 1.54) is 12.8 Å².